The molecule has 1 amide bonds. The number of amides is 1. The van der Waals surface area contributed by atoms with E-state index in [0.717, 1.165) is 5.56 Å². The number of Topliss-reactive ketones (excluding diaryl/α,β-unsaturated/α-hetero) is 1. The lowest BCUT2D eigenvalue weighted by molar-refractivity contribution is -0.170. The van der Waals surface area contributed by atoms with Crippen molar-refractivity contribution in [3.63, 3.8) is 0 Å². The second-order valence-corrected chi connectivity index (χ2v) is 5.82. The van der Waals surface area contributed by atoms with Gasteiger partial charge in [-0.1, -0.05) is 30.3 Å². The third-order valence-corrected chi connectivity index (χ3v) is 3.40. The summed E-state index contributed by atoms with van der Waals surface area (Å²) in [4.78, 5) is 25.6. The van der Waals surface area contributed by atoms with Gasteiger partial charge in [0.1, 0.15) is 11.7 Å². The van der Waals surface area contributed by atoms with Crippen molar-refractivity contribution in [1.29, 1.82) is 0 Å². The lowest BCUT2D eigenvalue weighted by atomic mass is 9.77. The van der Waals surface area contributed by atoms with Crippen LogP contribution in [0, 0.1) is 5.92 Å². The number of hydrogen-bond donors (Lipinski definition) is 0. The van der Waals surface area contributed by atoms with E-state index in [4.69, 9.17) is 0 Å². The quantitative estimate of drug-likeness (QED) is 0.593. The average Bonchev–Trinajstić information content (AvgIpc) is 2.24. The maximum Gasteiger partial charge on any atom is 0.236 e. The molecule has 96 valence electrons. The second-order valence-electron chi connectivity index (χ2n) is 5.82. The molecule has 0 saturated carbocycles. The lowest BCUT2D eigenvalue weighted by Gasteiger charge is -2.53. The summed E-state index contributed by atoms with van der Waals surface area (Å²) in [5, 5.41) is 0. The number of likely N-dealkylation sites (tertiary alicyclic amines) is 1. The summed E-state index contributed by atoms with van der Waals surface area (Å²) in [5.74, 6) is -0.607. The van der Waals surface area contributed by atoms with Crippen LogP contribution in [-0.2, 0) is 9.59 Å². The largest absolute Gasteiger partial charge is 0.329 e. The summed E-state index contributed by atoms with van der Waals surface area (Å²) in [6.45, 7) is 7.49. The highest BCUT2D eigenvalue weighted by atomic mass is 16.2. The summed E-state index contributed by atoms with van der Waals surface area (Å²) >= 11 is 0. The van der Waals surface area contributed by atoms with Crippen LogP contribution < -0.4 is 0 Å². The first-order valence-electron chi connectivity index (χ1n) is 6.22. The van der Waals surface area contributed by atoms with E-state index < -0.39 is 5.92 Å². The first kappa shape index (κ1) is 12.8. The van der Waals surface area contributed by atoms with E-state index in [1.54, 1.807) is 0 Å². The molecular formula is C15H19NO2. The molecule has 18 heavy (non-hydrogen) atoms. The highest BCUT2D eigenvalue weighted by Crippen LogP contribution is 2.44. The predicted octanol–water partition coefficient (Wildman–Crippen LogP) is 2.57. The third-order valence-electron chi connectivity index (χ3n) is 3.40. The van der Waals surface area contributed by atoms with Crippen molar-refractivity contribution in [2.24, 2.45) is 5.92 Å². The standard InChI is InChI=1S/C15H19NO2/c1-10(17)12-13(11-8-6-5-7-9-11)16(14(12)18)15(2,3)4/h5-9,12-13H,1-4H3/t12-,13-/m1/s1. The van der Waals surface area contributed by atoms with Gasteiger partial charge in [-0.2, -0.15) is 0 Å². The van der Waals surface area contributed by atoms with Crippen molar-refractivity contribution < 1.29 is 9.59 Å². The van der Waals surface area contributed by atoms with Crippen LogP contribution in [0.3, 0.4) is 0 Å². The molecule has 1 fully saturated rings. The Hall–Kier alpha value is -1.64. The molecule has 1 aromatic carbocycles. The molecule has 2 atom stereocenters. The molecule has 3 nitrogen and oxygen atoms in total. The number of nitrogens with zero attached hydrogens (tertiary/aromatic N) is 1. The summed E-state index contributed by atoms with van der Waals surface area (Å²) in [6, 6.07) is 9.66. The Labute approximate surface area is 108 Å². The van der Waals surface area contributed by atoms with E-state index in [1.807, 2.05) is 56.0 Å². The van der Waals surface area contributed by atoms with E-state index >= 15 is 0 Å². The van der Waals surface area contributed by atoms with Gasteiger partial charge in [-0.05, 0) is 33.3 Å². The zero-order chi connectivity index (χ0) is 13.5. The van der Waals surface area contributed by atoms with Crippen LogP contribution in [0.15, 0.2) is 30.3 Å². The van der Waals surface area contributed by atoms with Gasteiger partial charge in [0.05, 0.1) is 6.04 Å². The highest BCUT2D eigenvalue weighted by Gasteiger charge is 2.54. The van der Waals surface area contributed by atoms with Crippen molar-refractivity contribution in [2.45, 2.75) is 39.3 Å². The summed E-state index contributed by atoms with van der Waals surface area (Å²) in [7, 11) is 0. The SMILES string of the molecule is CC(=O)[C@H]1C(=O)N(C(C)(C)C)[C@@H]1c1ccccc1. The molecule has 3 heteroatoms. The van der Waals surface area contributed by atoms with Gasteiger partial charge >= 0.3 is 0 Å². The molecule has 1 aliphatic heterocycles. The molecule has 0 unspecified atom stereocenters. The van der Waals surface area contributed by atoms with Gasteiger partial charge in [0, 0.05) is 5.54 Å². The van der Waals surface area contributed by atoms with Crippen molar-refractivity contribution in [1.82, 2.24) is 4.90 Å². The average molecular weight is 245 g/mol. The molecule has 0 N–H and O–H groups in total. The summed E-state index contributed by atoms with van der Waals surface area (Å²) < 4.78 is 0. The number of ketones is 1. The maximum atomic E-state index is 12.1. The number of benzene rings is 1. The molecule has 1 saturated heterocycles. The maximum absolute atomic E-state index is 12.1. The predicted molar refractivity (Wildman–Crippen MR) is 70.0 cm³/mol. The monoisotopic (exact) mass is 245 g/mol. The fourth-order valence-corrected chi connectivity index (χ4v) is 2.62. The third kappa shape index (κ3) is 1.94. The van der Waals surface area contributed by atoms with E-state index in [2.05, 4.69) is 0 Å². The first-order valence-corrected chi connectivity index (χ1v) is 6.22. The Morgan fingerprint density at radius 3 is 2.17 bits per heavy atom. The molecule has 0 radical (unpaired) electrons. The van der Waals surface area contributed by atoms with Crippen LogP contribution >= 0.6 is 0 Å². The van der Waals surface area contributed by atoms with E-state index in [9.17, 15) is 9.59 Å². The zero-order valence-electron chi connectivity index (χ0n) is 11.3. The van der Waals surface area contributed by atoms with Crippen LogP contribution in [0.25, 0.3) is 0 Å². The number of rotatable bonds is 2. The highest BCUT2D eigenvalue weighted by molar-refractivity contribution is 6.06. The van der Waals surface area contributed by atoms with Gasteiger partial charge in [0.2, 0.25) is 5.91 Å². The minimum atomic E-state index is -0.508. The molecule has 0 aliphatic carbocycles. The first-order chi connectivity index (χ1) is 8.34. The van der Waals surface area contributed by atoms with Crippen molar-refractivity contribution in [2.75, 3.05) is 0 Å². The van der Waals surface area contributed by atoms with Gasteiger partial charge < -0.3 is 4.90 Å². The minimum absolute atomic E-state index is 0.0469. The van der Waals surface area contributed by atoms with Crippen molar-refractivity contribution in [3.8, 4) is 0 Å². The number of hydrogen-bond acceptors (Lipinski definition) is 2. The Bertz CT molecular complexity index is 473. The van der Waals surface area contributed by atoms with Crippen molar-refractivity contribution in [3.05, 3.63) is 35.9 Å². The Morgan fingerprint density at radius 2 is 1.72 bits per heavy atom. The van der Waals surface area contributed by atoms with Gasteiger partial charge in [0.15, 0.2) is 0 Å². The van der Waals surface area contributed by atoms with Crippen LogP contribution in [0.2, 0.25) is 0 Å². The fraction of sp³-hybridized carbons (Fsp3) is 0.467. The molecule has 0 aromatic heterocycles. The van der Waals surface area contributed by atoms with Crippen molar-refractivity contribution >= 4 is 11.7 Å². The van der Waals surface area contributed by atoms with Gasteiger partial charge in [-0.15, -0.1) is 0 Å². The molecule has 0 bridgehead atoms. The van der Waals surface area contributed by atoms with Gasteiger partial charge in [0.25, 0.3) is 0 Å². The van der Waals surface area contributed by atoms with Crippen LogP contribution in [0.1, 0.15) is 39.3 Å². The number of carbonyl (C=O) groups excluding carboxylic acids is 2. The Morgan fingerprint density at radius 1 is 1.17 bits per heavy atom. The van der Waals surface area contributed by atoms with Gasteiger partial charge in [-0.25, -0.2) is 0 Å². The van der Waals surface area contributed by atoms with Crippen LogP contribution in [0.4, 0.5) is 0 Å². The smallest absolute Gasteiger partial charge is 0.236 e. The van der Waals surface area contributed by atoms with Crippen LogP contribution in [0.5, 0.6) is 0 Å². The van der Waals surface area contributed by atoms with Crippen LogP contribution in [-0.4, -0.2) is 22.1 Å². The molecule has 0 spiro atoms. The van der Waals surface area contributed by atoms with E-state index in [1.165, 1.54) is 6.92 Å². The normalized spacial score (nSPS) is 23.8. The molecule has 1 heterocycles. The summed E-state index contributed by atoms with van der Waals surface area (Å²) in [6.07, 6.45) is 0. The van der Waals surface area contributed by atoms with Gasteiger partial charge in [-0.3, -0.25) is 9.59 Å². The zero-order valence-corrected chi connectivity index (χ0v) is 11.3. The minimum Gasteiger partial charge on any atom is -0.329 e. The topological polar surface area (TPSA) is 37.4 Å². The Balaban J connectivity index is 2.40. The fourth-order valence-electron chi connectivity index (χ4n) is 2.62. The molecular weight excluding hydrogens is 226 g/mol. The Kier molecular flexibility index (Phi) is 3.01. The molecule has 2 rings (SSSR count). The lowest BCUT2D eigenvalue weighted by Crippen LogP contribution is -2.63. The number of β-lactam (4-membered cyclic amide) rings is 1. The molecule has 1 aromatic rings. The van der Waals surface area contributed by atoms with E-state index in [0.29, 0.717) is 0 Å². The summed E-state index contributed by atoms with van der Waals surface area (Å²) in [5.41, 5.74) is 0.774. The second kappa shape index (κ2) is 4.23. The van der Waals surface area contributed by atoms with E-state index in [-0.39, 0.29) is 23.3 Å². The number of carbonyl (C=O) groups is 2. The molecule has 1 aliphatic rings.